The van der Waals surface area contributed by atoms with E-state index in [9.17, 15) is 9.90 Å². The molecule has 5 nitrogen and oxygen atoms in total. The summed E-state index contributed by atoms with van der Waals surface area (Å²) in [5.74, 6) is -0.172. The van der Waals surface area contributed by atoms with Gasteiger partial charge in [0.1, 0.15) is 5.69 Å². The van der Waals surface area contributed by atoms with Crippen LogP contribution in [0.25, 0.3) is 0 Å². The van der Waals surface area contributed by atoms with Crippen LogP contribution in [0.3, 0.4) is 0 Å². The van der Waals surface area contributed by atoms with E-state index in [2.05, 4.69) is 15.2 Å². The van der Waals surface area contributed by atoms with Crippen molar-refractivity contribution in [2.75, 3.05) is 13.1 Å². The van der Waals surface area contributed by atoms with Crippen LogP contribution in [0.5, 0.6) is 0 Å². The number of amides is 1. The SMILES string of the molecule is Cc1cccnc1C(=O)N[C@@H]1CCCC[C@@H](N2CCCC2)[C@@H]1O. The topological polar surface area (TPSA) is 65.5 Å². The molecule has 1 aliphatic carbocycles. The summed E-state index contributed by atoms with van der Waals surface area (Å²) < 4.78 is 0. The zero-order chi connectivity index (χ0) is 16.2. The number of carbonyl (C=O) groups excluding carboxylic acids is 1. The van der Waals surface area contributed by atoms with Crippen LogP contribution in [0.4, 0.5) is 0 Å². The molecule has 1 saturated heterocycles. The quantitative estimate of drug-likeness (QED) is 0.836. The minimum absolute atomic E-state index is 0.172. The molecule has 1 aromatic heterocycles. The van der Waals surface area contributed by atoms with Gasteiger partial charge in [0, 0.05) is 12.2 Å². The van der Waals surface area contributed by atoms with Gasteiger partial charge in [-0.2, -0.15) is 0 Å². The number of aryl methyl sites for hydroxylation is 1. The number of hydrogen-bond donors (Lipinski definition) is 2. The van der Waals surface area contributed by atoms with Crippen LogP contribution < -0.4 is 5.32 Å². The average Bonchev–Trinajstić information content (AvgIpc) is 3.01. The van der Waals surface area contributed by atoms with Crippen molar-refractivity contribution >= 4 is 5.91 Å². The summed E-state index contributed by atoms with van der Waals surface area (Å²) >= 11 is 0. The highest BCUT2D eigenvalue weighted by Crippen LogP contribution is 2.26. The van der Waals surface area contributed by atoms with Crippen molar-refractivity contribution < 1.29 is 9.90 Å². The second-order valence-corrected chi connectivity index (χ2v) is 6.83. The third-order valence-corrected chi connectivity index (χ3v) is 5.22. The van der Waals surface area contributed by atoms with Crippen LogP contribution >= 0.6 is 0 Å². The average molecular weight is 317 g/mol. The number of aromatic nitrogens is 1. The van der Waals surface area contributed by atoms with E-state index >= 15 is 0 Å². The molecule has 2 fully saturated rings. The Morgan fingerprint density at radius 2 is 2.00 bits per heavy atom. The second kappa shape index (κ2) is 7.41. The Balaban J connectivity index is 1.70. The highest BCUT2D eigenvalue weighted by atomic mass is 16.3. The molecule has 1 aliphatic heterocycles. The standard InChI is InChI=1S/C18H27N3O2/c1-13-7-6-10-19-16(13)18(23)20-14-8-2-3-9-15(17(14)22)21-11-4-5-12-21/h6-7,10,14-15,17,22H,2-5,8-9,11-12H2,1H3,(H,20,23)/t14-,15-,17-/m1/s1. The maximum absolute atomic E-state index is 12.5. The number of likely N-dealkylation sites (tertiary alicyclic amines) is 1. The minimum atomic E-state index is -0.497. The molecule has 3 rings (SSSR count). The molecule has 23 heavy (non-hydrogen) atoms. The molecule has 0 bridgehead atoms. The zero-order valence-corrected chi connectivity index (χ0v) is 13.9. The number of aliphatic hydroxyl groups is 1. The fourth-order valence-corrected chi connectivity index (χ4v) is 3.92. The fraction of sp³-hybridized carbons (Fsp3) is 0.667. The summed E-state index contributed by atoms with van der Waals surface area (Å²) in [7, 11) is 0. The zero-order valence-electron chi connectivity index (χ0n) is 13.9. The van der Waals surface area contributed by atoms with E-state index in [1.165, 1.54) is 12.8 Å². The number of hydrogen-bond acceptors (Lipinski definition) is 4. The molecule has 2 heterocycles. The predicted molar refractivity (Wildman–Crippen MR) is 89.3 cm³/mol. The normalized spacial score (nSPS) is 29.2. The van der Waals surface area contributed by atoms with Gasteiger partial charge in [-0.15, -0.1) is 0 Å². The molecule has 126 valence electrons. The van der Waals surface area contributed by atoms with E-state index in [1.54, 1.807) is 6.20 Å². The molecule has 0 unspecified atom stereocenters. The molecule has 0 aromatic carbocycles. The van der Waals surface area contributed by atoms with E-state index in [4.69, 9.17) is 0 Å². The second-order valence-electron chi connectivity index (χ2n) is 6.83. The van der Waals surface area contributed by atoms with Crippen LogP contribution in [0.2, 0.25) is 0 Å². The number of rotatable bonds is 3. The van der Waals surface area contributed by atoms with Crippen molar-refractivity contribution in [2.45, 2.75) is 63.6 Å². The lowest BCUT2D eigenvalue weighted by Gasteiger charge is -2.34. The van der Waals surface area contributed by atoms with Crippen LogP contribution in [-0.2, 0) is 0 Å². The summed E-state index contributed by atoms with van der Waals surface area (Å²) in [6.07, 6.45) is 7.60. The molecule has 2 aliphatic rings. The lowest BCUT2D eigenvalue weighted by molar-refractivity contribution is 0.0337. The molecular weight excluding hydrogens is 290 g/mol. The Kier molecular flexibility index (Phi) is 5.28. The monoisotopic (exact) mass is 317 g/mol. The molecule has 1 aromatic rings. The fourth-order valence-electron chi connectivity index (χ4n) is 3.92. The van der Waals surface area contributed by atoms with Crippen LogP contribution in [0, 0.1) is 6.92 Å². The van der Waals surface area contributed by atoms with E-state index < -0.39 is 6.10 Å². The molecule has 1 amide bonds. The van der Waals surface area contributed by atoms with E-state index in [0.29, 0.717) is 5.69 Å². The molecule has 3 atom stereocenters. The highest BCUT2D eigenvalue weighted by molar-refractivity contribution is 5.93. The molecule has 1 saturated carbocycles. The first kappa shape index (κ1) is 16.4. The first-order valence-electron chi connectivity index (χ1n) is 8.81. The lowest BCUT2D eigenvalue weighted by atomic mass is 10.00. The number of pyridine rings is 1. The van der Waals surface area contributed by atoms with Crippen molar-refractivity contribution in [3.8, 4) is 0 Å². The Morgan fingerprint density at radius 3 is 2.74 bits per heavy atom. The highest BCUT2D eigenvalue weighted by Gasteiger charge is 2.35. The van der Waals surface area contributed by atoms with Gasteiger partial charge in [-0.3, -0.25) is 14.7 Å². The van der Waals surface area contributed by atoms with Gasteiger partial charge in [0.15, 0.2) is 0 Å². The van der Waals surface area contributed by atoms with Crippen molar-refractivity contribution in [1.82, 2.24) is 15.2 Å². The molecule has 5 heteroatoms. The van der Waals surface area contributed by atoms with Gasteiger partial charge in [0.25, 0.3) is 5.91 Å². The number of carbonyl (C=O) groups is 1. The van der Waals surface area contributed by atoms with Gasteiger partial charge in [-0.1, -0.05) is 18.9 Å². The summed E-state index contributed by atoms with van der Waals surface area (Å²) in [6, 6.07) is 3.71. The van der Waals surface area contributed by atoms with Gasteiger partial charge in [-0.25, -0.2) is 0 Å². The lowest BCUT2D eigenvalue weighted by Crippen LogP contribution is -2.52. The first-order valence-corrected chi connectivity index (χ1v) is 8.81. The van der Waals surface area contributed by atoms with Gasteiger partial charge in [0.05, 0.1) is 12.1 Å². The maximum atomic E-state index is 12.5. The minimum Gasteiger partial charge on any atom is -0.389 e. The van der Waals surface area contributed by atoms with E-state index in [-0.39, 0.29) is 18.0 Å². The largest absolute Gasteiger partial charge is 0.389 e. The van der Waals surface area contributed by atoms with Crippen molar-refractivity contribution in [3.05, 3.63) is 29.6 Å². The van der Waals surface area contributed by atoms with Crippen molar-refractivity contribution in [2.24, 2.45) is 0 Å². The third kappa shape index (κ3) is 3.72. The van der Waals surface area contributed by atoms with E-state index in [0.717, 1.165) is 44.3 Å². The summed E-state index contributed by atoms with van der Waals surface area (Å²) in [4.78, 5) is 19.1. The third-order valence-electron chi connectivity index (χ3n) is 5.22. The summed E-state index contributed by atoms with van der Waals surface area (Å²) in [5, 5.41) is 13.9. The Morgan fingerprint density at radius 1 is 1.26 bits per heavy atom. The molecule has 0 spiro atoms. The van der Waals surface area contributed by atoms with E-state index in [1.807, 2.05) is 19.1 Å². The van der Waals surface area contributed by atoms with Crippen LogP contribution in [-0.4, -0.2) is 52.2 Å². The maximum Gasteiger partial charge on any atom is 0.270 e. The Labute approximate surface area is 138 Å². The van der Waals surface area contributed by atoms with Gasteiger partial charge in [0.2, 0.25) is 0 Å². The number of aliphatic hydroxyl groups excluding tert-OH is 1. The van der Waals surface area contributed by atoms with Gasteiger partial charge < -0.3 is 10.4 Å². The first-order chi connectivity index (χ1) is 11.2. The smallest absolute Gasteiger partial charge is 0.270 e. The number of nitrogens with one attached hydrogen (secondary N) is 1. The van der Waals surface area contributed by atoms with Gasteiger partial charge >= 0.3 is 0 Å². The van der Waals surface area contributed by atoms with Crippen molar-refractivity contribution in [3.63, 3.8) is 0 Å². The molecule has 2 N–H and O–H groups in total. The number of nitrogens with zero attached hydrogens (tertiary/aromatic N) is 2. The molecular formula is C18H27N3O2. The van der Waals surface area contributed by atoms with Crippen molar-refractivity contribution in [1.29, 1.82) is 0 Å². The Hall–Kier alpha value is -1.46. The predicted octanol–water partition coefficient (Wildman–Crippen LogP) is 1.89. The summed E-state index contributed by atoms with van der Waals surface area (Å²) in [6.45, 7) is 4.03. The molecule has 0 radical (unpaired) electrons. The Bertz CT molecular complexity index is 543. The van der Waals surface area contributed by atoms with Crippen LogP contribution in [0.15, 0.2) is 18.3 Å². The summed E-state index contributed by atoms with van der Waals surface area (Å²) in [5.41, 5.74) is 1.32. The van der Waals surface area contributed by atoms with Crippen LogP contribution in [0.1, 0.15) is 54.6 Å². The van der Waals surface area contributed by atoms with Gasteiger partial charge in [-0.05, 0) is 57.3 Å².